The smallest absolute Gasteiger partial charge is 0.305 e. The molecule has 0 aromatic rings. The molecule has 8 N–H and O–H groups in total. The Kier molecular flexibility index (Phi) is 12.1. The molecule has 214 valence electrons. The topological polar surface area (TPSA) is 232 Å². The van der Waals surface area contributed by atoms with E-state index in [4.69, 9.17) is 0 Å². The number of carbonyl (C=O) groups excluding carboxylic acids is 6. The first-order valence-electron chi connectivity index (χ1n) is 12.3. The Hall–Kier alpha value is -3.75. The Bertz CT molecular complexity index is 938. The van der Waals surface area contributed by atoms with Crippen LogP contribution in [0.3, 0.4) is 0 Å². The molecule has 0 aliphatic carbocycles. The zero-order chi connectivity index (χ0) is 29.3. The highest BCUT2D eigenvalue weighted by atomic mass is 16.4. The lowest BCUT2D eigenvalue weighted by molar-refractivity contribution is -0.142. The highest BCUT2D eigenvalue weighted by Crippen LogP contribution is 2.08. The number of carbonyl (C=O) groups is 7. The molecule has 0 spiro atoms. The fraction of sp³-hybridized carbons (Fsp3) is 0.696. The van der Waals surface area contributed by atoms with Crippen LogP contribution in [0, 0.1) is 5.92 Å². The third kappa shape index (κ3) is 9.95. The summed E-state index contributed by atoms with van der Waals surface area (Å²) in [5.41, 5.74) is 0. The number of aliphatic hydroxyl groups is 1. The van der Waals surface area contributed by atoms with Crippen LogP contribution >= 0.6 is 0 Å². The number of rotatable bonds is 5. The normalized spacial score (nSPS) is 29.5. The van der Waals surface area contributed by atoms with Gasteiger partial charge >= 0.3 is 5.97 Å². The summed E-state index contributed by atoms with van der Waals surface area (Å²) in [5, 5.41) is 33.5. The Morgan fingerprint density at radius 2 is 1.05 bits per heavy atom. The lowest BCUT2D eigenvalue weighted by Gasteiger charge is -2.28. The largest absolute Gasteiger partial charge is 0.481 e. The minimum absolute atomic E-state index is 0.110. The molecule has 7 atom stereocenters. The number of hydrogen-bond acceptors (Lipinski definition) is 8. The summed E-state index contributed by atoms with van der Waals surface area (Å²) < 4.78 is 0. The van der Waals surface area contributed by atoms with E-state index in [-0.39, 0.29) is 12.3 Å². The van der Waals surface area contributed by atoms with Crippen molar-refractivity contribution in [2.45, 2.75) is 96.7 Å². The molecule has 0 aromatic carbocycles. The Morgan fingerprint density at radius 3 is 1.47 bits per heavy atom. The molecule has 1 heterocycles. The van der Waals surface area contributed by atoms with Crippen LogP contribution in [0.5, 0.6) is 0 Å². The average molecular weight is 543 g/mol. The van der Waals surface area contributed by atoms with Gasteiger partial charge in [0.1, 0.15) is 36.3 Å². The van der Waals surface area contributed by atoms with E-state index in [2.05, 4.69) is 31.9 Å². The Balaban J connectivity index is 3.43. The van der Waals surface area contributed by atoms with Crippen molar-refractivity contribution in [3.63, 3.8) is 0 Å². The van der Waals surface area contributed by atoms with Gasteiger partial charge in [-0.3, -0.25) is 33.6 Å². The van der Waals surface area contributed by atoms with E-state index >= 15 is 0 Å². The minimum Gasteiger partial charge on any atom is -0.481 e. The molecule has 38 heavy (non-hydrogen) atoms. The summed E-state index contributed by atoms with van der Waals surface area (Å²) in [4.78, 5) is 87.9. The zero-order valence-electron chi connectivity index (χ0n) is 22.3. The number of aliphatic carboxylic acids is 1. The first-order chi connectivity index (χ1) is 17.5. The first kappa shape index (κ1) is 32.3. The molecule has 0 unspecified atom stereocenters. The van der Waals surface area contributed by atoms with E-state index in [1.54, 1.807) is 13.8 Å². The van der Waals surface area contributed by atoms with Crippen LogP contribution < -0.4 is 31.9 Å². The second kappa shape index (κ2) is 14.3. The molecular weight excluding hydrogens is 504 g/mol. The lowest BCUT2D eigenvalue weighted by Crippen LogP contribution is -2.62. The van der Waals surface area contributed by atoms with Crippen LogP contribution in [0.4, 0.5) is 0 Å². The maximum atomic E-state index is 13.0. The molecule has 0 radical (unpaired) electrons. The number of nitrogens with one attached hydrogen (secondary N) is 6. The van der Waals surface area contributed by atoms with Gasteiger partial charge in [-0.05, 0) is 40.0 Å². The predicted molar refractivity (Wildman–Crippen MR) is 132 cm³/mol. The quantitative estimate of drug-likeness (QED) is 0.175. The van der Waals surface area contributed by atoms with Crippen molar-refractivity contribution >= 4 is 41.4 Å². The molecule has 15 heteroatoms. The highest BCUT2D eigenvalue weighted by Gasteiger charge is 2.35. The molecule has 1 aliphatic rings. The maximum Gasteiger partial charge on any atom is 0.305 e. The van der Waals surface area contributed by atoms with Crippen molar-refractivity contribution in [3.05, 3.63) is 0 Å². The third-order valence-corrected chi connectivity index (χ3v) is 5.67. The second-order valence-electron chi connectivity index (χ2n) is 9.77. The second-order valence-corrected chi connectivity index (χ2v) is 9.77. The van der Waals surface area contributed by atoms with E-state index in [9.17, 15) is 43.8 Å². The summed E-state index contributed by atoms with van der Waals surface area (Å²) in [7, 11) is 0. The molecule has 1 fully saturated rings. The number of aliphatic hydroxyl groups excluding tert-OH is 1. The minimum atomic E-state index is -1.67. The fourth-order valence-electron chi connectivity index (χ4n) is 3.49. The van der Waals surface area contributed by atoms with Gasteiger partial charge < -0.3 is 42.1 Å². The SMILES string of the molecule is CC(C)C[C@@H]1NC(=O)[C@H](C)NC(=O)[C@H](C)NC(=O)[C@H](C)NC(=O)[C@H]([C@@H](C)O)NC(=O)[C@@H](CC(=O)O)NC1=O. The van der Waals surface area contributed by atoms with E-state index in [0.29, 0.717) is 0 Å². The average Bonchev–Trinajstić information content (AvgIpc) is 2.79. The van der Waals surface area contributed by atoms with Crippen molar-refractivity contribution in [1.82, 2.24) is 31.9 Å². The van der Waals surface area contributed by atoms with Crippen LogP contribution in [-0.4, -0.2) is 94.0 Å². The van der Waals surface area contributed by atoms with Crippen molar-refractivity contribution in [2.24, 2.45) is 5.92 Å². The summed E-state index contributed by atoms with van der Waals surface area (Å²) in [6, 6.07) is -7.91. The van der Waals surface area contributed by atoms with Gasteiger partial charge in [0.25, 0.3) is 0 Å². The summed E-state index contributed by atoms with van der Waals surface area (Å²) in [6.45, 7) is 8.76. The molecule has 15 nitrogen and oxygen atoms in total. The van der Waals surface area contributed by atoms with Gasteiger partial charge in [0.2, 0.25) is 35.4 Å². The molecule has 1 rings (SSSR count). The fourth-order valence-corrected chi connectivity index (χ4v) is 3.49. The highest BCUT2D eigenvalue weighted by molar-refractivity contribution is 5.98. The van der Waals surface area contributed by atoms with E-state index in [0.717, 1.165) is 0 Å². The van der Waals surface area contributed by atoms with Crippen LogP contribution in [0.1, 0.15) is 54.4 Å². The maximum absolute atomic E-state index is 13.0. The first-order valence-corrected chi connectivity index (χ1v) is 12.3. The predicted octanol–water partition coefficient (Wildman–Crippen LogP) is -3.13. The molecule has 0 aromatic heterocycles. The molecule has 1 aliphatic heterocycles. The molecule has 0 bridgehead atoms. The Morgan fingerprint density at radius 1 is 0.658 bits per heavy atom. The van der Waals surface area contributed by atoms with Crippen molar-refractivity contribution in [3.8, 4) is 0 Å². The van der Waals surface area contributed by atoms with Crippen LogP contribution in [0.15, 0.2) is 0 Å². The van der Waals surface area contributed by atoms with Gasteiger partial charge in [0, 0.05) is 0 Å². The molecule has 6 amide bonds. The number of carboxylic acid groups (broad SMARTS) is 1. The molecule has 0 saturated carbocycles. The summed E-state index contributed by atoms with van der Waals surface area (Å²) in [6.07, 6.45) is -2.22. The standard InChI is InChI=1S/C23H38N6O9/c1-9(2)7-14-21(36)28-15(8-16(31)32)22(37)29-17(13(6)30)23(38)26-11(4)19(34)24-10(3)18(33)25-12(5)20(35)27-14/h9-15,17,30H,7-8H2,1-6H3,(H,24,34)(H,25,33)(H,26,38)(H,27,35)(H,28,36)(H,29,37)(H,31,32)/t10-,11-,12-,13+,14-,15+,17-/m0/s1. The molecular formula is C23H38N6O9. The Labute approximate surface area is 220 Å². The summed E-state index contributed by atoms with van der Waals surface area (Å²) >= 11 is 0. The number of hydrogen-bond donors (Lipinski definition) is 8. The van der Waals surface area contributed by atoms with Crippen LogP contribution in [-0.2, 0) is 33.6 Å². The number of amides is 6. The zero-order valence-corrected chi connectivity index (χ0v) is 22.3. The molecule has 1 saturated heterocycles. The van der Waals surface area contributed by atoms with Gasteiger partial charge in [0.15, 0.2) is 0 Å². The van der Waals surface area contributed by atoms with Crippen LogP contribution in [0.2, 0.25) is 0 Å². The van der Waals surface area contributed by atoms with Gasteiger partial charge in [-0.25, -0.2) is 0 Å². The van der Waals surface area contributed by atoms with Crippen molar-refractivity contribution in [1.29, 1.82) is 0 Å². The van der Waals surface area contributed by atoms with E-state index in [1.165, 1.54) is 27.7 Å². The monoisotopic (exact) mass is 542 g/mol. The van der Waals surface area contributed by atoms with E-state index in [1.807, 2.05) is 0 Å². The van der Waals surface area contributed by atoms with E-state index < -0.39 is 90.2 Å². The van der Waals surface area contributed by atoms with Gasteiger partial charge in [-0.15, -0.1) is 0 Å². The van der Waals surface area contributed by atoms with Gasteiger partial charge in [0.05, 0.1) is 12.5 Å². The number of carboxylic acids is 1. The van der Waals surface area contributed by atoms with Crippen molar-refractivity contribution in [2.75, 3.05) is 0 Å². The van der Waals surface area contributed by atoms with Crippen LogP contribution in [0.25, 0.3) is 0 Å². The lowest BCUT2D eigenvalue weighted by atomic mass is 10.0. The van der Waals surface area contributed by atoms with Gasteiger partial charge in [-0.2, -0.15) is 0 Å². The third-order valence-electron chi connectivity index (χ3n) is 5.67. The van der Waals surface area contributed by atoms with Crippen molar-refractivity contribution < 1.29 is 43.8 Å². The summed E-state index contributed by atoms with van der Waals surface area (Å²) in [5.74, 6) is -6.65. The van der Waals surface area contributed by atoms with Gasteiger partial charge in [-0.1, -0.05) is 13.8 Å².